The molecule has 1 aliphatic rings. The summed E-state index contributed by atoms with van der Waals surface area (Å²) in [5, 5.41) is 0. The Labute approximate surface area is 107 Å². The van der Waals surface area contributed by atoms with Gasteiger partial charge in [0.05, 0.1) is 13.2 Å². The third-order valence-corrected chi connectivity index (χ3v) is 3.26. The molecule has 0 aliphatic carbocycles. The summed E-state index contributed by atoms with van der Waals surface area (Å²) in [4.78, 5) is 24.0. The first-order valence-corrected chi connectivity index (χ1v) is 6.63. The van der Waals surface area contributed by atoms with Crippen LogP contribution in [0, 0.1) is 0 Å². The van der Waals surface area contributed by atoms with Crippen LogP contribution in [0.25, 0.3) is 0 Å². The van der Waals surface area contributed by atoms with Crippen LogP contribution < -0.4 is 11.4 Å². The Morgan fingerprint density at radius 3 is 2.79 bits per heavy atom. The van der Waals surface area contributed by atoms with Crippen LogP contribution in [-0.2, 0) is 20.4 Å². The molecule has 11 heteroatoms. The van der Waals surface area contributed by atoms with Crippen LogP contribution in [0.2, 0.25) is 0 Å². The molecule has 0 bridgehead atoms. The maximum atomic E-state index is 11.4. The van der Waals surface area contributed by atoms with Gasteiger partial charge >= 0.3 is 13.3 Å². The highest BCUT2D eigenvalue weighted by Crippen LogP contribution is 2.44. The van der Waals surface area contributed by atoms with E-state index in [0.29, 0.717) is 0 Å². The van der Waals surface area contributed by atoms with E-state index in [0.717, 1.165) is 0 Å². The highest BCUT2D eigenvalue weighted by atomic mass is 31.2. The SMILES string of the molecule is Nc1ccn(C[C@H]2COP(=O)(O)CO2)c(=O)n1.O.O. The van der Waals surface area contributed by atoms with Gasteiger partial charge in [0.1, 0.15) is 18.3 Å². The van der Waals surface area contributed by atoms with Gasteiger partial charge < -0.3 is 30.8 Å². The lowest BCUT2D eigenvalue weighted by molar-refractivity contribution is -0.00859. The molecule has 1 aliphatic heterocycles. The molecular weight excluding hydrogens is 281 g/mol. The van der Waals surface area contributed by atoms with E-state index in [1.807, 2.05) is 0 Å². The van der Waals surface area contributed by atoms with Crippen molar-refractivity contribution in [3.8, 4) is 0 Å². The Balaban J connectivity index is 0.00000162. The molecule has 0 spiro atoms. The van der Waals surface area contributed by atoms with Crippen molar-refractivity contribution < 1.29 is 29.7 Å². The summed E-state index contributed by atoms with van der Waals surface area (Å²) < 4.78 is 22.2. The average molecular weight is 297 g/mol. The van der Waals surface area contributed by atoms with E-state index in [4.69, 9.17) is 19.9 Å². The molecule has 1 unspecified atom stereocenters. The number of rotatable bonds is 2. The van der Waals surface area contributed by atoms with Gasteiger partial charge in [-0.1, -0.05) is 0 Å². The van der Waals surface area contributed by atoms with Gasteiger partial charge in [0, 0.05) is 6.20 Å². The second-order valence-corrected chi connectivity index (χ2v) is 5.43. The Bertz CT molecular complexity index is 507. The van der Waals surface area contributed by atoms with E-state index < -0.39 is 19.4 Å². The fraction of sp³-hybridized carbons (Fsp3) is 0.500. The smallest absolute Gasteiger partial charge is 0.353 e. The molecule has 19 heavy (non-hydrogen) atoms. The van der Waals surface area contributed by atoms with Crippen LogP contribution in [-0.4, -0.2) is 44.5 Å². The predicted molar refractivity (Wildman–Crippen MR) is 65.7 cm³/mol. The Kier molecular flexibility index (Phi) is 6.30. The highest BCUT2D eigenvalue weighted by Gasteiger charge is 2.29. The van der Waals surface area contributed by atoms with Gasteiger partial charge in [-0.2, -0.15) is 4.98 Å². The van der Waals surface area contributed by atoms with Crippen LogP contribution >= 0.6 is 7.60 Å². The number of nitrogens with two attached hydrogens (primary N) is 1. The zero-order chi connectivity index (χ0) is 12.5. The van der Waals surface area contributed by atoms with Gasteiger partial charge in [0.15, 0.2) is 0 Å². The number of nitrogens with zero attached hydrogens (tertiary/aromatic N) is 2. The molecule has 2 rings (SSSR count). The molecule has 2 atom stereocenters. The van der Waals surface area contributed by atoms with Crippen molar-refractivity contribution >= 4 is 13.4 Å². The number of aromatic nitrogens is 2. The van der Waals surface area contributed by atoms with Crippen molar-refractivity contribution in [1.82, 2.24) is 9.55 Å². The first kappa shape index (κ1) is 17.7. The zero-order valence-corrected chi connectivity index (χ0v) is 10.7. The first-order valence-electron chi connectivity index (χ1n) is 4.87. The Morgan fingerprint density at radius 2 is 2.26 bits per heavy atom. The molecule has 10 nitrogen and oxygen atoms in total. The summed E-state index contributed by atoms with van der Waals surface area (Å²) in [5.74, 6) is 0.145. The van der Waals surface area contributed by atoms with Gasteiger partial charge in [0.2, 0.25) is 0 Å². The number of ether oxygens (including phenoxy) is 1. The van der Waals surface area contributed by atoms with E-state index in [2.05, 4.69) is 4.98 Å². The van der Waals surface area contributed by atoms with Gasteiger partial charge in [-0.25, -0.2) is 4.79 Å². The van der Waals surface area contributed by atoms with Crippen molar-refractivity contribution in [1.29, 1.82) is 0 Å². The first-order chi connectivity index (χ1) is 7.96. The number of hydrogen-bond donors (Lipinski definition) is 2. The molecule has 7 N–H and O–H groups in total. The summed E-state index contributed by atoms with van der Waals surface area (Å²) in [6.45, 7) is 0.163. The largest absolute Gasteiger partial charge is 0.412 e. The molecule has 110 valence electrons. The lowest BCUT2D eigenvalue weighted by atomic mass is 10.3. The van der Waals surface area contributed by atoms with Gasteiger partial charge in [-0.3, -0.25) is 9.13 Å². The fourth-order valence-corrected chi connectivity index (χ4v) is 2.26. The van der Waals surface area contributed by atoms with Crippen molar-refractivity contribution in [3.05, 3.63) is 22.7 Å². The minimum absolute atomic E-state index is 0. The molecule has 0 saturated carbocycles. The van der Waals surface area contributed by atoms with E-state index in [9.17, 15) is 9.36 Å². The highest BCUT2D eigenvalue weighted by molar-refractivity contribution is 7.52. The van der Waals surface area contributed by atoms with Gasteiger partial charge in [-0.15, -0.1) is 0 Å². The number of hydrogen-bond acceptors (Lipinski definition) is 6. The molecule has 0 aromatic carbocycles. The van der Waals surface area contributed by atoms with E-state index in [-0.39, 0.29) is 36.3 Å². The summed E-state index contributed by atoms with van der Waals surface area (Å²) in [5.41, 5.74) is 4.85. The molecular formula is C8H16N3O7P. The second kappa shape index (κ2) is 6.75. The van der Waals surface area contributed by atoms with Gasteiger partial charge in [0.25, 0.3) is 0 Å². The zero-order valence-electron chi connectivity index (χ0n) is 9.85. The van der Waals surface area contributed by atoms with Crippen molar-refractivity contribution in [3.63, 3.8) is 0 Å². The van der Waals surface area contributed by atoms with Crippen LogP contribution in [0.5, 0.6) is 0 Å². The molecule has 0 radical (unpaired) electrons. The number of nitrogen functional groups attached to an aromatic ring is 1. The molecule has 0 amide bonds. The second-order valence-electron chi connectivity index (χ2n) is 3.64. The van der Waals surface area contributed by atoms with E-state index in [1.165, 1.54) is 16.8 Å². The maximum Gasteiger partial charge on any atom is 0.353 e. The lowest BCUT2D eigenvalue weighted by Crippen LogP contribution is -2.34. The quantitative estimate of drug-likeness (QED) is 0.577. The fourth-order valence-electron chi connectivity index (χ4n) is 1.39. The molecule has 1 fully saturated rings. The third-order valence-electron chi connectivity index (χ3n) is 2.23. The summed E-state index contributed by atoms with van der Waals surface area (Å²) >= 11 is 0. The standard InChI is InChI=1S/C8H12N3O5P.2H2O/c9-7-1-2-11(8(12)10-7)3-6-4-16-17(13,14)5-15-6;;/h1-2,6H,3-5H2,(H,13,14)(H2,9,10,12);2*1H2/t6-;;/m0../s1. The van der Waals surface area contributed by atoms with Crippen molar-refractivity contribution in [2.75, 3.05) is 18.7 Å². The Hall–Kier alpha value is -1.29. The van der Waals surface area contributed by atoms with Crippen LogP contribution in [0.15, 0.2) is 17.1 Å². The maximum absolute atomic E-state index is 11.4. The van der Waals surface area contributed by atoms with Crippen LogP contribution in [0.1, 0.15) is 0 Å². The van der Waals surface area contributed by atoms with Crippen LogP contribution in [0.4, 0.5) is 5.82 Å². The molecule has 2 heterocycles. The minimum Gasteiger partial charge on any atom is -0.412 e. The number of anilines is 1. The summed E-state index contributed by atoms with van der Waals surface area (Å²) in [7, 11) is -3.59. The van der Waals surface area contributed by atoms with Crippen molar-refractivity contribution in [2.45, 2.75) is 12.6 Å². The molecule has 1 aromatic heterocycles. The summed E-state index contributed by atoms with van der Waals surface area (Å²) in [6, 6.07) is 1.49. The minimum atomic E-state index is -3.59. The van der Waals surface area contributed by atoms with Gasteiger partial charge in [-0.05, 0) is 6.07 Å². The van der Waals surface area contributed by atoms with Crippen molar-refractivity contribution in [2.24, 2.45) is 0 Å². The average Bonchev–Trinajstić information content (AvgIpc) is 2.25. The predicted octanol–water partition coefficient (Wildman–Crippen LogP) is -2.27. The van der Waals surface area contributed by atoms with Crippen LogP contribution in [0.3, 0.4) is 0 Å². The third kappa shape index (κ3) is 4.71. The summed E-state index contributed by atoms with van der Waals surface area (Å²) in [6.07, 6.45) is 0.669. The normalized spacial score (nSPS) is 26.1. The van der Waals surface area contributed by atoms with E-state index >= 15 is 0 Å². The Morgan fingerprint density at radius 1 is 1.58 bits per heavy atom. The van der Waals surface area contributed by atoms with E-state index in [1.54, 1.807) is 0 Å². The lowest BCUT2D eigenvalue weighted by Gasteiger charge is -2.26. The monoisotopic (exact) mass is 297 g/mol. The molecule has 1 saturated heterocycles. The topological polar surface area (TPSA) is 180 Å². The molecule has 1 aromatic rings.